The molecule has 0 aromatic rings. The van der Waals surface area contributed by atoms with Crippen LogP contribution in [0, 0.1) is 17.3 Å². The van der Waals surface area contributed by atoms with E-state index in [1.54, 1.807) is 0 Å². The van der Waals surface area contributed by atoms with E-state index in [1.807, 2.05) is 0 Å². The van der Waals surface area contributed by atoms with Gasteiger partial charge < -0.3 is 10.5 Å². The van der Waals surface area contributed by atoms with Gasteiger partial charge in [-0.15, -0.1) is 0 Å². The molecule has 0 unspecified atom stereocenters. The third kappa shape index (κ3) is 1.70. The maximum atomic E-state index is 11.4. The molecular weight excluding hydrogens is 166 g/mol. The maximum absolute atomic E-state index is 11.4. The number of methoxy groups -OCH3 is 1. The van der Waals surface area contributed by atoms with Crippen molar-refractivity contribution in [3.8, 4) is 0 Å². The highest BCUT2D eigenvalue weighted by Gasteiger charge is 2.50. The average molecular weight is 185 g/mol. The molecule has 0 spiro atoms. The van der Waals surface area contributed by atoms with Crippen LogP contribution in [0.5, 0.6) is 0 Å². The monoisotopic (exact) mass is 185 g/mol. The predicted octanol–water partition coefficient (Wildman–Crippen LogP) is 1.17. The van der Waals surface area contributed by atoms with Gasteiger partial charge >= 0.3 is 5.97 Å². The van der Waals surface area contributed by atoms with Crippen LogP contribution in [0.15, 0.2) is 0 Å². The van der Waals surface area contributed by atoms with Gasteiger partial charge in [-0.05, 0) is 24.7 Å². The molecular formula is C10H19NO2. The van der Waals surface area contributed by atoms with Gasteiger partial charge in [0.25, 0.3) is 0 Å². The fourth-order valence-corrected chi connectivity index (χ4v) is 2.05. The number of hydrogen-bond acceptors (Lipinski definition) is 3. The molecule has 0 aromatic carbocycles. The van der Waals surface area contributed by atoms with Crippen molar-refractivity contribution in [2.24, 2.45) is 23.0 Å². The third-order valence-corrected chi connectivity index (χ3v) is 3.26. The first kappa shape index (κ1) is 10.5. The van der Waals surface area contributed by atoms with Gasteiger partial charge in [0.1, 0.15) is 0 Å². The molecule has 1 saturated carbocycles. The van der Waals surface area contributed by atoms with Crippen LogP contribution in [0.1, 0.15) is 26.7 Å². The Balaban J connectivity index is 2.55. The molecule has 2 N–H and O–H groups in total. The lowest BCUT2D eigenvalue weighted by Gasteiger charge is -2.46. The Hall–Kier alpha value is -0.570. The van der Waals surface area contributed by atoms with Gasteiger partial charge in [0.15, 0.2) is 0 Å². The molecule has 1 aliphatic carbocycles. The first-order valence-corrected chi connectivity index (χ1v) is 4.84. The molecule has 0 radical (unpaired) electrons. The summed E-state index contributed by atoms with van der Waals surface area (Å²) in [5, 5.41) is 0. The number of carbonyl (C=O) groups is 1. The van der Waals surface area contributed by atoms with Crippen molar-refractivity contribution in [1.29, 1.82) is 0 Å². The van der Waals surface area contributed by atoms with E-state index in [-0.39, 0.29) is 11.4 Å². The van der Waals surface area contributed by atoms with Crippen molar-refractivity contribution in [1.82, 2.24) is 0 Å². The zero-order valence-electron chi connectivity index (χ0n) is 8.67. The summed E-state index contributed by atoms with van der Waals surface area (Å²) in [4.78, 5) is 11.4. The Morgan fingerprint density at radius 2 is 2.15 bits per heavy atom. The van der Waals surface area contributed by atoms with Gasteiger partial charge in [-0.3, -0.25) is 4.79 Å². The molecule has 76 valence electrons. The van der Waals surface area contributed by atoms with Crippen molar-refractivity contribution in [2.45, 2.75) is 26.7 Å². The van der Waals surface area contributed by atoms with Crippen molar-refractivity contribution >= 4 is 5.97 Å². The average Bonchev–Trinajstić information content (AvgIpc) is 2.02. The zero-order valence-corrected chi connectivity index (χ0v) is 8.67. The van der Waals surface area contributed by atoms with Crippen LogP contribution in [0.25, 0.3) is 0 Å². The molecule has 13 heavy (non-hydrogen) atoms. The van der Waals surface area contributed by atoms with E-state index in [2.05, 4.69) is 13.8 Å². The van der Waals surface area contributed by atoms with E-state index in [1.165, 1.54) is 7.11 Å². The standard InChI is InChI=1S/C10H19NO2/c1-7(2)8-4-10(5-8,6-11)9(12)13-3/h7-8H,4-6,11H2,1-3H3. The molecule has 0 aromatic heterocycles. The minimum absolute atomic E-state index is 0.132. The van der Waals surface area contributed by atoms with Gasteiger partial charge in [-0.1, -0.05) is 13.8 Å². The summed E-state index contributed by atoms with van der Waals surface area (Å²) in [6.45, 7) is 4.79. The van der Waals surface area contributed by atoms with Crippen LogP contribution in [0.3, 0.4) is 0 Å². The van der Waals surface area contributed by atoms with E-state index in [9.17, 15) is 4.79 Å². The van der Waals surface area contributed by atoms with E-state index >= 15 is 0 Å². The molecule has 0 saturated heterocycles. The fraction of sp³-hybridized carbons (Fsp3) is 0.900. The number of esters is 1. The molecule has 0 aliphatic heterocycles. The normalized spacial score (nSPS) is 32.8. The minimum Gasteiger partial charge on any atom is -0.469 e. The summed E-state index contributed by atoms with van der Waals surface area (Å²) < 4.78 is 4.76. The predicted molar refractivity (Wildman–Crippen MR) is 51.1 cm³/mol. The minimum atomic E-state index is -0.357. The van der Waals surface area contributed by atoms with Crippen LogP contribution < -0.4 is 5.73 Å². The molecule has 0 amide bonds. The number of nitrogens with two attached hydrogens (primary N) is 1. The topological polar surface area (TPSA) is 52.3 Å². The fourth-order valence-electron chi connectivity index (χ4n) is 2.05. The highest BCUT2D eigenvalue weighted by atomic mass is 16.5. The van der Waals surface area contributed by atoms with Gasteiger partial charge in [-0.25, -0.2) is 0 Å². The molecule has 0 heterocycles. The summed E-state index contributed by atoms with van der Waals surface area (Å²) >= 11 is 0. The first-order chi connectivity index (χ1) is 6.05. The second-order valence-corrected chi connectivity index (χ2v) is 4.39. The van der Waals surface area contributed by atoms with E-state index < -0.39 is 0 Å². The number of carbonyl (C=O) groups excluding carboxylic acids is 1. The SMILES string of the molecule is COC(=O)C1(CN)CC(C(C)C)C1. The summed E-state index contributed by atoms with van der Waals surface area (Å²) in [5.74, 6) is 1.15. The smallest absolute Gasteiger partial charge is 0.313 e. The van der Waals surface area contributed by atoms with Crippen LogP contribution in [-0.2, 0) is 9.53 Å². The Labute approximate surface area is 79.6 Å². The summed E-state index contributed by atoms with van der Waals surface area (Å²) in [6.07, 6.45) is 1.79. The molecule has 3 heteroatoms. The maximum Gasteiger partial charge on any atom is 0.313 e. The molecule has 0 atom stereocenters. The molecule has 0 bridgehead atoms. The van der Waals surface area contributed by atoms with Crippen molar-refractivity contribution in [2.75, 3.05) is 13.7 Å². The summed E-state index contributed by atoms with van der Waals surface area (Å²) in [7, 11) is 1.43. The second-order valence-electron chi connectivity index (χ2n) is 4.39. The van der Waals surface area contributed by atoms with Gasteiger partial charge in [-0.2, -0.15) is 0 Å². The van der Waals surface area contributed by atoms with Gasteiger partial charge in [0.05, 0.1) is 12.5 Å². The molecule has 1 fully saturated rings. The quantitative estimate of drug-likeness (QED) is 0.671. The van der Waals surface area contributed by atoms with Gasteiger partial charge in [0.2, 0.25) is 0 Å². The zero-order chi connectivity index (χ0) is 10.1. The lowest BCUT2D eigenvalue weighted by Crippen LogP contribution is -2.51. The Morgan fingerprint density at radius 3 is 2.46 bits per heavy atom. The lowest BCUT2D eigenvalue weighted by molar-refractivity contribution is -0.162. The van der Waals surface area contributed by atoms with Crippen molar-refractivity contribution in [3.05, 3.63) is 0 Å². The van der Waals surface area contributed by atoms with Crippen molar-refractivity contribution in [3.63, 3.8) is 0 Å². The third-order valence-electron chi connectivity index (χ3n) is 3.26. The Morgan fingerprint density at radius 1 is 1.62 bits per heavy atom. The molecule has 1 rings (SSSR count). The molecule has 3 nitrogen and oxygen atoms in total. The summed E-state index contributed by atoms with van der Waals surface area (Å²) in [6, 6.07) is 0. The van der Waals surface area contributed by atoms with Crippen LogP contribution in [0.4, 0.5) is 0 Å². The highest BCUT2D eigenvalue weighted by Crippen LogP contribution is 2.48. The van der Waals surface area contributed by atoms with E-state index in [0.29, 0.717) is 18.4 Å². The van der Waals surface area contributed by atoms with Crippen LogP contribution >= 0.6 is 0 Å². The second kappa shape index (κ2) is 3.66. The molecule has 1 aliphatic rings. The van der Waals surface area contributed by atoms with Crippen LogP contribution in [0.2, 0.25) is 0 Å². The van der Waals surface area contributed by atoms with E-state index in [4.69, 9.17) is 10.5 Å². The van der Waals surface area contributed by atoms with Crippen molar-refractivity contribution < 1.29 is 9.53 Å². The highest BCUT2D eigenvalue weighted by molar-refractivity contribution is 5.78. The first-order valence-electron chi connectivity index (χ1n) is 4.84. The number of ether oxygens (including phenoxy) is 1. The lowest BCUT2D eigenvalue weighted by atomic mass is 9.58. The van der Waals surface area contributed by atoms with E-state index in [0.717, 1.165) is 12.8 Å². The largest absolute Gasteiger partial charge is 0.469 e. The Kier molecular flexibility index (Phi) is 2.96. The Bertz CT molecular complexity index is 195. The van der Waals surface area contributed by atoms with Crippen LogP contribution in [-0.4, -0.2) is 19.6 Å². The number of hydrogen-bond donors (Lipinski definition) is 1. The summed E-state index contributed by atoms with van der Waals surface area (Å²) in [5.41, 5.74) is 5.25. The van der Waals surface area contributed by atoms with Gasteiger partial charge in [0, 0.05) is 6.54 Å². The number of rotatable bonds is 3.